The highest BCUT2D eigenvalue weighted by Gasteiger charge is 2.28. The summed E-state index contributed by atoms with van der Waals surface area (Å²) in [4.78, 5) is 30.1. The summed E-state index contributed by atoms with van der Waals surface area (Å²) in [5.74, 6) is -0.256. The number of fused-ring (bicyclic) bond motifs is 1. The summed E-state index contributed by atoms with van der Waals surface area (Å²) in [7, 11) is 0. The number of hydrogen-bond acceptors (Lipinski definition) is 5. The Hall–Kier alpha value is -3.19. The molecule has 0 radical (unpaired) electrons. The number of hydrogen-bond donors (Lipinski definition) is 1. The van der Waals surface area contributed by atoms with E-state index < -0.39 is 0 Å². The summed E-state index contributed by atoms with van der Waals surface area (Å²) < 4.78 is 0. The quantitative estimate of drug-likeness (QED) is 0.499. The van der Waals surface area contributed by atoms with Gasteiger partial charge in [0.25, 0.3) is 5.69 Å². The fourth-order valence-corrected chi connectivity index (χ4v) is 3.98. The number of aromatic nitrogens is 1. The van der Waals surface area contributed by atoms with Crippen LogP contribution in [0.25, 0.3) is 10.9 Å². The van der Waals surface area contributed by atoms with Crippen molar-refractivity contribution in [3.63, 3.8) is 0 Å². The SMILES string of the molecule is O=C(Nc1cc(Cl)cc2cccnc12)C1CCN(c2ccccc2[N+](=O)[O-])CC1. The summed E-state index contributed by atoms with van der Waals surface area (Å²) >= 11 is 6.18. The molecule has 1 saturated heterocycles. The van der Waals surface area contributed by atoms with Crippen molar-refractivity contribution in [1.82, 2.24) is 4.98 Å². The molecule has 1 aromatic heterocycles. The lowest BCUT2D eigenvalue weighted by molar-refractivity contribution is -0.384. The molecule has 29 heavy (non-hydrogen) atoms. The molecule has 0 spiro atoms. The van der Waals surface area contributed by atoms with Crippen molar-refractivity contribution in [2.75, 3.05) is 23.3 Å². The molecule has 0 aliphatic carbocycles. The zero-order valence-corrected chi connectivity index (χ0v) is 16.3. The summed E-state index contributed by atoms with van der Waals surface area (Å²) in [5.41, 5.74) is 1.98. The number of piperidine rings is 1. The molecule has 148 valence electrons. The average Bonchev–Trinajstić information content (AvgIpc) is 2.73. The molecule has 1 aliphatic rings. The van der Waals surface area contributed by atoms with E-state index in [9.17, 15) is 14.9 Å². The van der Waals surface area contributed by atoms with Crippen LogP contribution in [0.4, 0.5) is 17.1 Å². The van der Waals surface area contributed by atoms with E-state index in [1.807, 2.05) is 23.1 Å². The molecule has 0 bridgehead atoms. The van der Waals surface area contributed by atoms with Crippen molar-refractivity contribution < 1.29 is 9.72 Å². The van der Waals surface area contributed by atoms with Crippen molar-refractivity contribution in [3.8, 4) is 0 Å². The second-order valence-electron chi connectivity index (χ2n) is 7.02. The molecule has 1 fully saturated rings. The van der Waals surface area contributed by atoms with Gasteiger partial charge in [-0.1, -0.05) is 29.8 Å². The van der Waals surface area contributed by atoms with E-state index in [1.54, 1.807) is 30.5 Å². The zero-order valence-electron chi connectivity index (χ0n) is 15.5. The lowest BCUT2D eigenvalue weighted by Gasteiger charge is -2.32. The first-order valence-corrected chi connectivity index (χ1v) is 9.74. The van der Waals surface area contributed by atoms with Gasteiger partial charge in [-0.3, -0.25) is 19.9 Å². The number of benzene rings is 2. The second-order valence-corrected chi connectivity index (χ2v) is 7.46. The van der Waals surface area contributed by atoms with Crippen LogP contribution in [0.15, 0.2) is 54.7 Å². The summed E-state index contributed by atoms with van der Waals surface area (Å²) in [6.45, 7) is 1.16. The van der Waals surface area contributed by atoms with Gasteiger partial charge >= 0.3 is 0 Å². The molecule has 4 rings (SSSR count). The highest BCUT2D eigenvalue weighted by atomic mass is 35.5. The molecule has 0 unspecified atom stereocenters. The van der Waals surface area contributed by atoms with Crippen LogP contribution in [0.5, 0.6) is 0 Å². The highest BCUT2D eigenvalue weighted by Crippen LogP contribution is 2.32. The highest BCUT2D eigenvalue weighted by molar-refractivity contribution is 6.32. The summed E-state index contributed by atoms with van der Waals surface area (Å²) in [6, 6.07) is 13.9. The maximum atomic E-state index is 12.8. The fraction of sp³-hybridized carbons (Fsp3) is 0.238. The first-order valence-electron chi connectivity index (χ1n) is 9.36. The molecule has 2 aromatic carbocycles. The van der Waals surface area contributed by atoms with Gasteiger partial charge in [-0.25, -0.2) is 0 Å². The van der Waals surface area contributed by atoms with Gasteiger partial charge in [0.05, 0.1) is 16.1 Å². The Balaban J connectivity index is 1.46. The maximum absolute atomic E-state index is 12.8. The third-order valence-corrected chi connectivity index (χ3v) is 5.43. The fourth-order valence-electron chi connectivity index (χ4n) is 3.75. The minimum absolute atomic E-state index is 0.0820. The van der Waals surface area contributed by atoms with Gasteiger partial charge in [-0.05, 0) is 37.1 Å². The monoisotopic (exact) mass is 410 g/mol. The number of carbonyl (C=O) groups excluding carboxylic acids is 1. The lowest BCUT2D eigenvalue weighted by Crippen LogP contribution is -2.38. The summed E-state index contributed by atoms with van der Waals surface area (Å²) in [6.07, 6.45) is 2.91. The minimum atomic E-state index is -0.370. The van der Waals surface area contributed by atoms with E-state index in [1.165, 1.54) is 6.07 Å². The molecular formula is C21H19ClN4O3. The molecule has 8 heteroatoms. The Morgan fingerprint density at radius 1 is 1.17 bits per heavy atom. The Labute approximate surface area is 172 Å². The Morgan fingerprint density at radius 2 is 1.93 bits per heavy atom. The zero-order chi connectivity index (χ0) is 20.4. The standard InChI is InChI=1S/C21H19ClN4O3/c22-16-12-15-4-3-9-23-20(15)17(13-16)24-21(27)14-7-10-25(11-8-14)18-5-1-2-6-19(18)26(28)29/h1-6,9,12-14H,7-8,10-11H2,(H,24,27). The van der Waals surface area contributed by atoms with Crippen LogP contribution in [0.3, 0.4) is 0 Å². The average molecular weight is 411 g/mol. The van der Waals surface area contributed by atoms with Crippen molar-refractivity contribution >= 4 is 45.5 Å². The number of nitrogens with one attached hydrogen (secondary N) is 1. The molecule has 3 aromatic rings. The van der Waals surface area contributed by atoms with Crippen LogP contribution in [-0.2, 0) is 4.79 Å². The van der Waals surface area contributed by atoms with Crippen molar-refractivity contribution in [1.29, 1.82) is 0 Å². The lowest BCUT2D eigenvalue weighted by atomic mass is 9.95. The number of carbonyl (C=O) groups is 1. The molecule has 2 heterocycles. The van der Waals surface area contributed by atoms with Gasteiger partial charge in [-0.2, -0.15) is 0 Å². The minimum Gasteiger partial charge on any atom is -0.366 e. The van der Waals surface area contributed by atoms with Crippen LogP contribution in [0.1, 0.15) is 12.8 Å². The first-order chi connectivity index (χ1) is 14.0. The number of nitro groups is 1. The van der Waals surface area contributed by atoms with Gasteiger partial charge in [0.2, 0.25) is 5.91 Å². The molecule has 0 atom stereocenters. The second kappa shape index (κ2) is 8.05. The van der Waals surface area contributed by atoms with E-state index in [0.29, 0.717) is 47.8 Å². The molecule has 1 N–H and O–H groups in total. The largest absolute Gasteiger partial charge is 0.366 e. The van der Waals surface area contributed by atoms with Crippen LogP contribution in [0, 0.1) is 16.0 Å². The molecule has 1 amide bonds. The molecular weight excluding hydrogens is 392 g/mol. The van der Waals surface area contributed by atoms with Crippen molar-refractivity contribution in [2.45, 2.75) is 12.8 Å². The van der Waals surface area contributed by atoms with Crippen LogP contribution in [0.2, 0.25) is 5.02 Å². The predicted molar refractivity (Wildman–Crippen MR) is 113 cm³/mol. The van der Waals surface area contributed by atoms with Gasteiger partial charge in [0.15, 0.2) is 0 Å². The van der Waals surface area contributed by atoms with E-state index in [0.717, 1.165) is 5.39 Å². The van der Waals surface area contributed by atoms with Gasteiger partial charge < -0.3 is 10.2 Å². The number of para-hydroxylation sites is 2. The Morgan fingerprint density at radius 3 is 2.69 bits per heavy atom. The number of pyridine rings is 1. The van der Waals surface area contributed by atoms with Crippen LogP contribution < -0.4 is 10.2 Å². The Kier molecular flexibility index (Phi) is 5.31. The first kappa shape index (κ1) is 19.1. The number of amides is 1. The van der Waals surface area contributed by atoms with Crippen LogP contribution in [-0.4, -0.2) is 28.9 Å². The normalized spacial score (nSPS) is 14.7. The molecule has 7 nitrogen and oxygen atoms in total. The van der Waals surface area contributed by atoms with Gasteiger partial charge in [-0.15, -0.1) is 0 Å². The van der Waals surface area contributed by atoms with Crippen molar-refractivity contribution in [2.24, 2.45) is 5.92 Å². The third-order valence-electron chi connectivity index (χ3n) is 5.21. The molecule has 0 saturated carbocycles. The molecule has 1 aliphatic heterocycles. The van der Waals surface area contributed by atoms with E-state index >= 15 is 0 Å². The number of nitro benzene ring substituents is 1. The summed E-state index contributed by atoms with van der Waals surface area (Å²) in [5, 5.41) is 15.6. The predicted octanol–water partition coefficient (Wildman–Crippen LogP) is 4.65. The maximum Gasteiger partial charge on any atom is 0.292 e. The van der Waals surface area contributed by atoms with Crippen LogP contribution >= 0.6 is 11.6 Å². The van der Waals surface area contributed by atoms with Gasteiger partial charge in [0.1, 0.15) is 5.69 Å². The smallest absolute Gasteiger partial charge is 0.292 e. The third kappa shape index (κ3) is 4.00. The number of halogens is 1. The topological polar surface area (TPSA) is 88.4 Å². The van der Waals surface area contributed by atoms with E-state index in [2.05, 4.69) is 10.3 Å². The van der Waals surface area contributed by atoms with Gasteiger partial charge in [0, 0.05) is 41.7 Å². The Bertz CT molecular complexity index is 1080. The van der Waals surface area contributed by atoms with E-state index in [4.69, 9.17) is 11.6 Å². The number of nitrogens with zero attached hydrogens (tertiary/aromatic N) is 3. The number of rotatable bonds is 4. The van der Waals surface area contributed by atoms with E-state index in [-0.39, 0.29) is 22.4 Å². The van der Waals surface area contributed by atoms with Crippen molar-refractivity contribution in [3.05, 3.63) is 69.9 Å². The number of anilines is 2.